The van der Waals surface area contributed by atoms with E-state index in [1.54, 1.807) is 17.0 Å². The van der Waals surface area contributed by atoms with Crippen LogP contribution in [-0.2, 0) is 16.4 Å². The number of hydrogen-bond acceptors (Lipinski definition) is 6. The van der Waals surface area contributed by atoms with Crippen molar-refractivity contribution in [1.82, 2.24) is 9.80 Å². The third-order valence-corrected chi connectivity index (χ3v) is 7.52. The molecule has 164 valence electrons. The van der Waals surface area contributed by atoms with Crippen molar-refractivity contribution in [1.29, 1.82) is 0 Å². The molecule has 3 heterocycles. The minimum Gasteiger partial charge on any atom is -0.467 e. The van der Waals surface area contributed by atoms with Gasteiger partial charge in [-0.05, 0) is 43.2 Å². The van der Waals surface area contributed by atoms with Gasteiger partial charge < -0.3 is 9.32 Å². The molecule has 3 amide bonds. The van der Waals surface area contributed by atoms with E-state index in [-0.39, 0.29) is 46.7 Å². The van der Waals surface area contributed by atoms with Gasteiger partial charge >= 0.3 is 0 Å². The summed E-state index contributed by atoms with van der Waals surface area (Å²) >= 11 is 0. The molecule has 1 aromatic heterocycles. The summed E-state index contributed by atoms with van der Waals surface area (Å²) in [5.41, 5.74) is 0.702. The van der Waals surface area contributed by atoms with E-state index in [2.05, 4.69) is 0 Å². The zero-order valence-corrected chi connectivity index (χ0v) is 18.1. The molecule has 1 fully saturated rings. The number of hydrogen-bond donors (Lipinski definition) is 0. The second-order valence-corrected chi connectivity index (χ2v) is 10.2. The van der Waals surface area contributed by atoms with E-state index in [4.69, 9.17) is 4.42 Å². The summed E-state index contributed by atoms with van der Waals surface area (Å²) in [7, 11) is -3.15. The van der Waals surface area contributed by atoms with Crippen LogP contribution in [0.15, 0.2) is 41.0 Å². The van der Waals surface area contributed by atoms with Crippen LogP contribution in [-0.4, -0.2) is 60.0 Å². The number of unbranched alkanes of at least 4 members (excludes halogenated alkanes) is 1. The average molecular weight is 445 g/mol. The molecular weight excluding hydrogens is 420 g/mol. The predicted molar refractivity (Wildman–Crippen MR) is 112 cm³/mol. The minimum atomic E-state index is -3.15. The molecule has 0 N–H and O–H groups in total. The number of rotatable bonds is 7. The number of fused-ring (bicyclic) bond motifs is 1. The number of carbonyl (C=O) groups excluding carboxylic acids is 3. The van der Waals surface area contributed by atoms with E-state index < -0.39 is 21.7 Å². The van der Waals surface area contributed by atoms with Crippen molar-refractivity contribution in [3.05, 3.63) is 59.0 Å². The molecule has 0 saturated carbocycles. The summed E-state index contributed by atoms with van der Waals surface area (Å²) in [6.45, 7) is 2.47. The van der Waals surface area contributed by atoms with Crippen molar-refractivity contribution in [2.75, 3.05) is 18.1 Å². The van der Waals surface area contributed by atoms with E-state index in [1.807, 2.05) is 6.92 Å². The smallest absolute Gasteiger partial charge is 0.261 e. The van der Waals surface area contributed by atoms with Crippen LogP contribution in [0.1, 0.15) is 63.0 Å². The number of benzene rings is 1. The van der Waals surface area contributed by atoms with Gasteiger partial charge in [-0.2, -0.15) is 0 Å². The Labute approximate surface area is 180 Å². The lowest BCUT2D eigenvalue weighted by Gasteiger charge is -2.28. The van der Waals surface area contributed by atoms with E-state index in [0.29, 0.717) is 18.7 Å². The Morgan fingerprint density at radius 2 is 1.97 bits per heavy atom. The molecule has 2 aliphatic heterocycles. The van der Waals surface area contributed by atoms with Gasteiger partial charge in [0.15, 0.2) is 9.84 Å². The fourth-order valence-electron chi connectivity index (χ4n) is 4.09. The average Bonchev–Trinajstić information content (AvgIpc) is 3.44. The lowest BCUT2D eigenvalue weighted by Crippen LogP contribution is -2.41. The summed E-state index contributed by atoms with van der Waals surface area (Å²) in [6, 6.07) is 7.46. The van der Waals surface area contributed by atoms with Gasteiger partial charge in [-0.3, -0.25) is 19.3 Å². The third-order valence-electron chi connectivity index (χ3n) is 5.77. The molecule has 0 radical (unpaired) electrons. The van der Waals surface area contributed by atoms with Crippen LogP contribution >= 0.6 is 0 Å². The first kappa shape index (κ1) is 21.3. The number of imide groups is 1. The van der Waals surface area contributed by atoms with E-state index in [9.17, 15) is 22.8 Å². The highest BCUT2D eigenvalue weighted by atomic mass is 32.2. The van der Waals surface area contributed by atoms with Crippen molar-refractivity contribution in [3.63, 3.8) is 0 Å². The van der Waals surface area contributed by atoms with Gasteiger partial charge in [0.25, 0.3) is 17.7 Å². The normalized spacial score (nSPS) is 19.6. The Morgan fingerprint density at radius 1 is 1.19 bits per heavy atom. The Bertz CT molecular complexity index is 1120. The Balaban J connectivity index is 1.59. The van der Waals surface area contributed by atoms with Gasteiger partial charge in [0, 0.05) is 18.2 Å². The SMILES string of the molecule is CCCCN(C(=O)c1ccc2c(c1)C(=O)N(Cc1ccco1)C2=O)C1CCS(=O)(=O)C1. The zero-order chi connectivity index (χ0) is 22.2. The number of sulfone groups is 1. The van der Waals surface area contributed by atoms with Crippen LogP contribution in [0.3, 0.4) is 0 Å². The molecule has 0 spiro atoms. The molecule has 1 unspecified atom stereocenters. The summed E-state index contributed by atoms with van der Waals surface area (Å²) in [5, 5.41) is 0. The highest BCUT2D eigenvalue weighted by Gasteiger charge is 2.38. The van der Waals surface area contributed by atoms with Crippen molar-refractivity contribution < 1.29 is 27.2 Å². The maximum Gasteiger partial charge on any atom is 0.261 e. The molecule has 0 bridgehead atoms. The second kappa shape index (κ2) is 8.30. The summed E-state index contributed by atoms with van der Waals surface area (Å²) in [6.07, 6.45) is 3.50. The molecule has 4 rings (SSSR count). The quantitative estimate of drug-likeness (QED) is 0.608. The fourth-order valence-corrected chi connectivity index (χ4v) is 5.82. The first-order valence-corrected chi connectivity index (χ1v) is 12.2. The van der Waals surface area contributed by atoms with Crippen molar-refractivity contribution in [2.24, 2.45) is 0 Å². The Hall–Kier alpha value is -2.94. The minimum absolute atomic E-state index is 0.0190. The number of nitrogens with zero attached hydrogens (tertiary/aromatic N) is 2. The van der Waals surface area contributed by atoms with Crippen LogP contribution in [0.4, 0.5) is 0 Å². The lowest BCUT2D eigenvalue weighted by atomic mass is 10.0. The highest BCUT2D eigenvalue weighted by Crippen LogP contribution is 2.27. The van der Waals surface area contributed by atoms with E-state index >= 15 is 0 Å². The maximum absolute atomic E-state index is 13.3. The van der Waals surface area contributed by atoms with Crippen molar-refractivity contribution in [3.8, 4) is 0 Å². The van der Waals surface area contributed by atoms with Gasteiger partial charge in [0.05, 0.1) is 35.4 Å². The second-order valence-electron chi connectivity index (χ2n) is 7.95. The van der Waals surface area contributed by atoms with Gasteiger partial charge in [-0.1, -0.05) is 13.3 Å². The Morgan fingerprint density at radius 3 is 2.61 bits per heavy atom. The third kappa shape index (κ3) is 4.14. The molecule has 1 atom stereocenters. The maximum atomic E-state index is 13.3. The van der Waals surface area contributed by atoms with Crippen LogP contribution < -0.4 is 0 Å². The predicted octanol–water partition coefficient (Wildman–Crippen LogP) is 2.51. The van der Waals surface area contributed by atoms with Crippen molar-refractivity contribution >= 4 is 27.6 Å². The molecule has 1 saturated heterocycles. The molecule has 0 aliphatic carbocycles. The molecule has 9 heteroatoms. The number of furan rings is 1. The molecule has 31 heavy (non-hydrogen) atoms. The highest BCUT2D eigenvalue weighted by molar-refractivity contribution is 7.91. The number of amides is 3. The Kier molecular flexibility index (Phi) is 5.70. The van der Waals surface area contributed by atoms with Gasteiger partial charge in [0.1, 0.15) is 5.76 Å². The van der Waals surface area contributed by atoms with Gasteiger partial charge in [-0.25, -0.2) is 8.42 Å². The molecule has 2 aromatic rings. The lowest BCUT2D eigenvalue weighted by molar-refractivity contribution is 0.0630. The zero-order valence-electron chi connectivity index (χ0n) is 17.2. The fraction of sp³-hybridized carbons (Fsp3) is 0.409. The van der Waals surface area contributed by atoms with Crippen LogP contribution in [0.5, 0.6) is 0 Å². The first-order valence-electron chi connectivity index (χ1n) is 10.3. The van der Waals surface area contributed by atoms with Crippen LogP contribution in [0, 0.1) is 0 Å². The largest absolute Gasteiger partial charge is 0.467 e. The summed E-state index contributed by atoms with van der Waals surface area (Å²) in [5.74, 6) is -0.703. The van der Waals surface area contributed by atoms with Gasteiger partial charge in [-0.15, -0.1) is 0 Å². The van der Waals surface area contributed by atoms with E-state index in [1.165, 1.54) is 24.5 Å². The molecule has 2 aliphatic rings. The van der Waals surface area contributed by atoms with Crippen molar-refractivity contribution in [2.45, 2.75) is 38.8 Å². The summed E-state index contributed by atoms with van der Waals surface area (Å²) < 4.78 is 29.1. The van der Waals surface area contributed by atoms with E-state index in [0.717, 1.165) is 17.7 Å². The topological polar surface area (TPSA) is 105 Å². The molecular formula is C22H24N2O6S. The monoisotopic (exact) mass is 444 g/mol. The van der Waals surface area contributed by atoms with Crippen LogP contribution in [0.25, 0.3) is 0 Å². The first-order chi connectivity index (χ1) is 14.8. The standard InChI is InChI=1S/C22H24N2O6S/c1-2-3-9-23(16-8-11-31(28,29)14-16)20(25)15-6-7-18-19(12-15)22(27)24(21(18)26)13-17-5-4-10-30-17/h4-7,10,12,16H,2-3,8-9,11,13-14H2,1H3. The number of carbonyl (C=O) groups is 3. The molecule has 1 aromatic carbocycles. The molecule has 8 nitrogen and oxygen atoms in total. The summed E-state index contributed by atoms with van der Waals surface area (Å²) in [4.78, 5) is 41.5. The van der Waals surface area contributed by atoms with Gasteiger partial charge in [0.2, 0.25) is 0 Å². The van der Waals surface area contributed by atoms with Crippen LogP contribution in [0.2, 0.25) is 0 Å².